The number of H-pyrrole nitrogens is 1. The second-order valence-corrected chi connectivity index (χ2v) is 5.06. The summed E-state index contributed by atoms with van der Waals surface area (Å²) >= 11 is 0. The highest BCUT2D eigenvalue weighted by Crippen LogP contribution is 2.29. The Hall–Kier alpha value is -1.93. The van der Waals surface area contributed by atoms with E-state index in [4.69, 9.17) is 10.8 Å². The van der Waals surface area contributed by atoms with Gasteiger partial charge in [-0.15, -0.1) is 0 Å². The molecule has 2 aromatic heterocycles. The summed E-state index contributed by atoms with van der Waals surface area (Å²) in [4.78, 5) is 10.4. The van der Waals surface area contributed by atoms with Gasteiger partial charge >= 0.3 is 0 Å². The molecule has 8 heteroatoms. The summed E-state index contributed by atoms with van der Waals surface area (Å²) in [6.45, 7) is 3.24. The molecule has 3 rings (SSSR count). The maximum Gasteiger partial charge on any atom is 0.224 e. The van der Waals surface area contributed by atoms with Gasteiger partial charge in [0.1, 0.15) is 5.82 Å². The van der Waals surface area contributed by atoms with E-state index in [1.165, 1.54) is 0 Å². The average Bonchev–Trinajstić information content (AvgIpc) is 2.87. The topological polar surface area (TPSA) is 124 Å². The smallest absolute Gasteiger partial charge is 0.224 e. The van der Waals surface area contributed by atoms with Crippen molar-refractivity contribution < 1.29 is 10.2 Å². The van der Waals surface area contributed by atoms with Crippen LogP contribution in [0.4, 0.5) is 11.8 Å². The van der Waals surface area contributed by atoms with Crippen LogP contribution in [-0.4, -0.2) is 56.2 Å². The second-order valence-electron chi connectivity index (χ2n) is 5.06. The standard InChI is InChI=1S/C11H16N6O.CH4O/c1-11(18)3-2-4-17(6-11)9-7-5-13-16-8(7)14-10(12)15-9;1-2/h5,18H,2-4,6H2,1H3,(H3,12,13,14,15,16);2H,1H3/t11-;/m1./s1. The predicted octanol–water partition coefficient (Wildman–Crippen LogP) is -0.105. The largest absolute Gasteiger partial charge is 0.400 e. The molecule has 0 radical (unpaired) electrons. The number of aliphatic hydroxyl groups excluding tert-OH is 1. The quantitative estimate of drug-likeness (QED) is 0.574. The fourth-order valence-corrected chi connectivity index (χ4v) is 2.48. The van der Waals surface area contributed by atoms with Crippen LogP contribution in [0.15, 0.2) is 6.20 Å². The van der Waals surface area contributed by atoms with E-state index in [9.17, 15) is 5.11 Å². The number of nitrogens with two attached hydrogens (primary N) is 1. The zero-order valence-corrected chi connectivity index (χ0v) is 11.7. The summed E-state index contributed by atoms with van der Waals surface area (Å²) in [5.41, 5.74) is 5.64. The van der Waals surface area contributed by atoms with Crippen molar-refractivity contribution in [2.45, 2.75) is 25.4 Å². The lowest BCUT2D eigenvalue weighted by Crippen LogP contribution is -2.46. The minimum Gasteiger partial charge on any atom is -0.400 e. The molecule has 1 aliphatic heterocycles. The molecule has 20 heavy (non-hydrogen) atoms. The van der Waals surface area contributed by atoms with Crippen molar-refractivity contribution in [1.82, 2.24) is 20.2 Å². The number of aromatic nitrogens is 4. The Kier molecular flexibility index (Phi) is 4.05. The maximum absolute atomic E-state index is 10.2. The average molecular weight is 280 g/mol. The molecule has 1 aliphatic rings. The van der Waals surface area contributed by atoms with Gasteiger partial charge in [0.15, 0.2) is 5.65 Å². The van der Waals surface area contributed by atoms with Crippen LogP contribution in [0.2, 0.25) is 0 Å². The van der Waals surface area contributed by atoms with Gasteiger partial charge in [0.25, 0.3) is 0 Å². The van der Waals surface area contributed by atoms with Gasteiger partial charge in [-0.1, -0.05) is 0 Å². The van der Waals surface area contributed by atoms with Gasteiger partial charge < -0.3 is 20.8 Å². The number of piperidine rings is 1. The van der Waals surface area contributed by atoms with Gasteiger partial charge in [-0.2, -0.15) is 15.1 Å². The van der Waals surface area contributed by atoms with Gasteiger partial charge in [0, 0.05) is 20.2 Å². The van der Waals surface area contributed by atoms with E-state index in [2.05, 4.69) is 20.2 Å². The van der Waals surface area contributed by atoms with Crippen molar-refractivity contribution in [3.63, 3.8) is 0 Å². The normalized spacial score (nSPS) is 22.5. The summed E-state index contributed by atoms with van der Waals surface area (Å²) in [5, 5.41) is 24.7. The highest BCUT2D eigenvalue weighted by molar-refractivity contribution is 5.87. The first kappa shape index (κ1) is 14.5. The molecule has 0 bridgehead atoms. The van der Waals surface area contributed by atoms with Crippen LogP contribution in [0.3, 0.4) is 0 Å². The number of anilines is 2. The molecule has 1 saturated heterocycles. The molecule has 0 saturated carbocycles. The molecule has 110 valence electrons. The van der Waals surface area contributed by atoms with Gasteiger partial charge in [-0.3, -0.25) is 5.10 Å². The molecule has 2 aromatic rings. The van der Waals surface area contributed by atoms with Crippen LogP contribution in [-0.2, 0) is 0 Å². The minimum absolute atomic E-state index is 0.215. The van der Waals surface area contributed by atoms with Crippen molar-refractivity contribution in [3.05, 3.63) is 6.20 Å². The summed E-state index contributed by atoms with van der Waals surface area (Å²) in [5.74, 6) is 0.957. The van der Waals surface area contributed by atoms with E-state index in [1.807, 2.05) is 11.8 Å². The first-order chi connectivity index (χ1) is 9.55. The second kappa shape index (κ2) is 5.59. The van der Waals surface area contributed by atoms with Crippen molar-refractivity contribution in [1.29, 1.82) is 0 Å². The fourth-order valence-electron chi connectivity index (χ4n) is 2.48. The van der Waals surface area contributed by atoms with Gasteiger partial charge in [0.05, 0.1) is 17.2 Å². The predicted molar refractivity (Wildman–Crippen MR) is 76.3 cm³/mol. The monoisotopic (exact) mass is 280 g/mol. The molecule has 0 amide bonds. The van der Waals surface area contributed by atoms with E-state index in [-0.39, 0.29) is 5.95 Å². The number of hydrogen-bond donors (Lipinski definition) is 4. The SMILES string of the molecule is CO.C[C@@]1(O)CCCN(c2nc(N)nc3[nH]ncc23)C1. The Morgan fingerprint density at radius 3 is 2.85 bits per heavy atom. The first-order valence-corrected chi connectivity index (χ1v) is 6.44. The molecule has 0 aliphatic carbocycles. The van der Waals surface area contributed by atoms with E-state index < -0.39 is 5.60 Å². The number of nitrogen functional groups attached to an aromatic ring is 1. The van der Waals surface area contributed by atoms with Crippen molar-refractivity contribution >= 4 is 22.8 Å². The van der Waals surface area contributed by atoms with E-state index in [0.717, 1.165) is 37.7 Å². The number of hydrogen-bond acceptors (Lipinski definition) is 7. The molecule has 0 unspecified atom stereocenters. The summed E-state index contributed by atoms with van der Waals surface area (Å²) < 4.78 is 0. The molecule has 1 atom stereocenters. The van der Waals surface area contributed by atoms with E-state index in [0.29, 0.717) is 12.2 Å². The number of nitrogens with zero attached hydrogens (tertiary/aromatic N) is 4. The number of aromatic amines is 1. The van der Waals surface area contributed by atoms with Crippen molar-refractivity contribution in [3.8, 4) is 0 Å². The number of nitrogens with one attached hydrogen (secondary N) is 1. The Morgan fingerprint density at radius 2 is 2.15 bits per heavy atom. The molecule has 1 fully saturated rings. The van der Waals surface area contributed by atoms with Crippen LogP contribution in [0.25, 0.3) is 11.0 Å². The van der Waals surface area contributed by atoms with Crippen LogP contribution in [0.1, 0.15) is 19.8 Å². The third-order valence-corrected chi connectivity index (χ3v) is 3.28. The zero-order chi connectivity index (χ0) is 14.8. The lowest BCUT2D eigenvalue weighted by molar-refractivity contribution is 0.0448. The van der Waals surface area contributed by atoms with Crippen LogP contribution in [0.5, 0.6) is 0 Å². The Bertz CT molecular complexity index is 582. The van der Waals surface area contributed by atoms with Gasteiger partial charge in [0.2, 0.25) is 5.95 Å². The van der Waals surface area contributed by atoms with Gasteiger partial charge in [-0.25, -0.2) is 0 Å². The number of aliphatic hydroxyl groups is 2. The summed E-state index contributed by atoms with van der Waals surface area (Å²) in [7, 11) is 1.00. The maximum atomic E-state index is 10.2. The highest BCUT2D eigenvalue weighted by atomic mass is 16.3. The molecule has 8 nitrogen and oxygen atoms in total. The minimum atomic E-state index is -0.686. The molecular formula is C12H20N6O2. The zero-order valence-electron chi connectivity index (χ0n) is 11.7. The third-order valence-electron chi connectivity index (χ3n) is 3.28. The van der Waals surface area contributed by atoms with E-state index >= 15 is 0 Å². The van der Waals surface area contributed by atoms with Gasteiger partial charge in [-0.05, 0) is 19.8 Å². The Balaban J connectivity index is 0.000000704. The first-order valence-electron chi connectivity index (χ1n) is 6.44. The van der Waals surface area contributed by atoms with Crippen LogP contribution < -0.4 is 10.6 Å². The Labute approximate surface area is 116 Å². The molecule has 0 aromatic carbocycles. The number of rotatable bonds is 1. The number of fused-ring (bicyclic) bond motifs is 1. The molecule has 0 spiro atoms. The van der Waals surface area contributed by atoms with Crippen LogP contribution >= 0.6 is 0 Å². The Morgan fingerprint density at radius 1 is 1.40 bits per heavy atom. The van der Waals surface area contributed by atoms with Crippen LogP contribution in [0, 0.1) is 0 Å². The van der Waals surface area contributed by atoms with Crippen molar-refractivity contribution in [2.75, 3.05) is 30.8 Å². The van der Waals surface area contributed by atoms with E-state index in [1.54, 1.807) is 6.20 Å². The fraction of sp³-hybridized carbons (Fsp3) is 0.583. The third kappa shape index (κ3) is 2.81. The lowest BCUT2D eigenvalue weighted by atomic mass is 9.95. The summed E-state index contributed by atoms with van der Waals surface area (Å²) in [6, 6.07) is 0. The summed E-state index contributed by atoms with van der Waals surface area (Å²) in [6.07, 6.45) is 3.42. The van der Waals surface area contributed by atoms with Crippen molar-refractivity contribution in [2.24, 2.45) is 0 Å². The molecule has 3 heterocycles. The molecular weight excluding hydrogens is 260 g/mol. The number of β-amino-alcohol motifs (C(OH)–C–C–N with tert-alkyl or cyclic N) is 1. The molecule has 5 N–H and O–H groups in total. The highest BCUT2D eigenvalue weighted by Gasteiger charge is 2.30. The lowest BCUT2D eigenvalue weighted by Gasteiger charge is -2.37.